The molecule has 0 unspecified atom stereocenters. The summed E-state index contributed by atoms with van der Waals surface area (Å²) in [6.07, 6.45) is 9.09. The molecule has 0 atom stereocenters. The second-order valence-electron chi connectivity index (χ2n) is 16.1. The molecule has 0 aliphatic heterocycles. The average Bonchev–Trinajstić information content (AvgIpc) is 3.69. The summed E-state index contributed by atoms with van der Waals surface area (Å²) in [6.45, 7) is 26.0. The third-order valence-electron chi connectivity index (χ3n) is 7.90. The van der Waals surface area contributed by atoms with Gasteiger partial charge in [0.25, 0.3) is 12.9 Å². The van der Waals surface area contributed by atoms with Crippen LogP contribution in [0.2, 0.25) is 0 Å². The fraction of sp³-hybridized carbons (Fsp3) is 0.478. The first-order valence-corrected chi connectivity index (χ1v) is 16.6. The summed E-state index contributed by atoms with van der Waals surface area (Å²) in [7, 11) is 0. The summed E-state index contributed by atoms with van der Waals surface area (Å²) >= 11 is 0. The first kappa shape index (κ1) is 56.0. The second-order valence-corrected chi connectivity index (χ2v) is 16.1. The van der Waals surface area contributed by atoms with Gasteiger partial charge in [-0.3, -0.25) is 9.59 Å². The minimum atomic E-state index is -0.869. The van der Waals surface area contributed by atoms with Crippen LogP contribution in [0.3, 0.4) is 0 Å². The van der Waals surface area contributed by atoms with Crippen LogP contribution >= 0.6 is 0 Å². The minimum Gasteiger partial charge on any atom is -0.478 e. The smallest absolute Gasteiger partial charge is 0.335 e. The van der Waals surface area contributed by atoms with Crippen molar-refractivity contribution in [3.8, 4) is 5.75 Å². The van der Waals surface area contributed by atoms with Gasteiger partial charge in [0.2, 0.25) is 0 Å². The predicted molar refractivity (Wildman–Crippen MR) is 226 cm³/mol. The number of hydrogen-bond acceptors (Lipinski definition) is 6. The normalized spacial score (nSPS) is 13.0. The highest BCUT2D eigenvalue weighted by Gasteiger charge is 2.24. The molecule has 2 aromatic rings. The number of carbonyl (C=O) groups excluding carboxylic acids is 2. The molecule has 0 aromatic heterocycles. The van der Waals surface area contributed by atoms with E-state index in [9.17, 15) is 19.2 Å². The van der Waals surface area contributed by atoms with Crippen molar-refractivity contribution in [1.82, 2.24) is 0 Å². The number of carboxylic acid groups (broad SMARTS) is 2. The van der Waals surface area contributed by atoms with Gasteiger partial charge in [0.05, 0.1) is 11.1 Å². The van der Waals surface area contributed by atoms with Crippen LogP contribution in [-0.4, -0.2) is 35.1 Å². The molecule has 2 aliphatic carbocycles. The Morgan fingerprint density at radius 3 is 1.61 bits per heavy atom. The molecule has 0 bridgehead atoms. The highest BCUT2D eigenvalue weighted by atomic mass is 16.5. The molecule has 8 nitrogen and oxygen atoms in total. The van der Waals surface area contributed by atoms with Crippen molar-refractivity contribution in [2.45, 2.75) is 136 Å². The molecule has 0 amide bonds. The fourth-order valence-electron chi connectivity index (χ4n) is 4.88. The van der Waals surface area contributed by atoms with Crippen molar-refractivity contribution in [2.24, 2.45) is 10.8 Å². The quantitative estimate of drug-likeness (QED) is 0.279. The summed E-state index contributed by atoms with van der Waals surface area (Å²) in [4.78, 5) is 41.6. The van der Waals surface area contributed by atoms with Crippen LogP contribution in [0.5, 0.6) is 5.75 Å². The SMILES string of the molecule is C.C.C.C.CC(C)(C)C1=C(OC=O)C=CC1.CC(C)(C)C1=CC(C(=O)O)=CC1.CC(C)(C)c1cccc(C(=O)O)c1.CC(C)(C)c1ccccc1OC=O. The van der Waals surface area contributed by atoms with Gasteiger partial charge in [0, 0.05) is 5.56 Å². The lowest BCUT2D eigenvalue weighted by Crippen LogP contribution is -2.12. The second kappa shape index (κ2) is 23.8. The van der Waals surface area contributed by atoms with E-state index in [-0.39, 0.29) is 51.4 Å². The van der Waals surface area contributed by atoms with Crippen molar-refractivity contribution in [1.29, 1.82) is 0 Å². The predicted octanol–water partition coefficient (Wildman–Crippen LogP) is 12.5. The lowest BCUT2D eigenvalue weighted by molar-refractivity contribution is -0.132. The number of allylic oxidation sites excluding steroid dienone is 5. The molecular formula is C46H72O8. The Morgan fingerprint density at radius 1 is 0.648 bits per heavy atom. The van der Waals surface area contributed by atoms with Gasteiger partial charge < -0.3 is 19.7 Å². The van der Waals surface area contributed by atoms with E-state index in [1.54, 1.807) is 36.4 Å². The number of aromatic carboxylic acids is 1. The Kier molecular flexibility index (Phi) is 24.7. The van der Waals surface area contributed by atoms with Crippen molar-refractivity contribution in [2.75, 3.05) is 0 Å². The van der Waals surface area contributed by atoms with Gasteiger partial charge in [0.15, 0.2) is 0 Å². The standard InChI is InChI=1S/2C11H14O2.2C10H14O2.4CH4/c1-11(2,3)9-6-4-5-8(7-9)10(12)13;1-11(2,3)9-6-4-5-7-10(9)13-8-12;1-10(2,3)8-5-4-7(6-8)9(11)12;1-10(2,3)8-5-4-6-9(8)12-7-11;;;;/h4-7H,1-3H3,(H,12,13);4-8H,1-3H3;4,6H,5H2,1-3H3,(H,11,12);4,6-7H,5H2,1-3H3;4*1H4. The molecule has 2 aromatic carbocycles. The molecule has 2 N–H and O–H groups in total. The molecule has 0 spiro atoms. The van der Waals surface area contributed by atoms with Gasteiger partial charge in [-0.05, 0) is 76.0 Å². The minimum absolute atomic E-state index is 0. The highest BCUT2D eigenvalue weighted by molar-refractivity contribution is 5.91. The zero-order valence-corrected chi connectivity index (χ0v) is 31.8. The summed E-state index contributed by atoms with van der Waals surface area (Å²) in [5.74, 6) is -0.331. The van der Waals surface area contributed by atoms with Crippen molar-refractivity contribution < 1.29 is 38.9 Å². The number of aliphatic carboxylic acids is 1. The number of benzene rings is 2. The van der Waals surface area contributed by atoms with Gasteiger partial charge in [0.1, 0.15) is 11.5 Å². The van der Waals surface area contributed by atoms with Crippen LogP contribution in [0.25, 0.3) is 0 Å². The lowest BCUT2D eigenvalue weighted by Gasteiger charge is -2.21. The Labute approximate surface area is 328 Å². The van der Waals surface area contributed by atoms with Gasteiger partial charge in [-0.1, -0.05) is 161 Å². The van der Waals surface area contributed by atoms with Crippen molar-refractivity contribution in [3.05, 3.63) is 112 Å². The largest absolute Gasteiger partial charge is 0.478 e. The highest BCUT2D eigenvalue weighted by Crippen LogP contribution is 2.35. The van der Waals surface area contributed by atoms with E-state index >= 15 is 0 Å². The third-order valence-corrected chi connectivity index (χ3v) is 7.90. The summed E-state index contributed by atoms with van der Waals surface area (Å²) in [6, 6.07) is 14.6. The number of rotatable bonds is 6. The van der Waals surface area contributed by atoms with Gasteiger partial charge in [-0.25, -0.2) is 9.59 Å². The summed E-state index contributed by atoms with van der Waals surface area (Å²) in [5, 5.41) is 17.5. The Hall–Kier alpha value is -4.72. The number of hydrogen-bond donors (Lipinski definition) is 2. The first-order chi connectivity index (χ1) is 22.9. The maximum atomic E-state index is 10.7. The van der Waals surface area contributed by atoms with Crippen LogP contribution < -0.4 is 4.74 Å². The maximum Gasteiger partial charge on any atom is 0.335 e. The van der Waals surface area contributed by atoms with Crippen molar-refractivity contribution >= 4 is 24.9 Å². The number of carbonyl (C=O) groups is 4. The summed E-state index contributed by atoms with van der Waals surface area (Å²) in [5.41, 5.74) is 5.44. The van der Waals surface area contributed by atoms with E-state index in [2.05, 4.69) is 83.1 Å². The van der Waals surface area contributed by atoms with Crippen LogP contribution in [-0.2, 0) is 30.0 Å². The van der Waals surface area contributed by atoms with E-state index < -0.39 is 11.9 Å². The average molecular weight is 753 g/mol. The van der Waals surface area contributed by atoms with Crippen LogP contribution in [0, 0.1) is 10.8 Å². The lowest BCUT2D eigenvalue weighted by atomic mass is 9.85. The van der Waals surface area contributed by atoms with E-state index in [4.69, 9.17) is 19.7 Å². The Bertz CT molecular complexity index is 1610. The maximum absolute atomic E-state index is 10.7. The zero-order valence-electron chi connectivity index (χ0n) is 31.8. The molecule has 54 heavy (non-hydrogen) atoms. The van der Waals surface area contributed by atoms with Crippen LogP contribution in [0.1, 0.15) is 147 Å². The molecule has 0 saturated heterocycles. The van der Waals surface area contributed by atoms with Crippen LogP contribution in [0.4, 0.5) is 0 Å². The molecule has 0 radical (unpaired) electrons. The molecule has 0 heterocycles. The molecule has 0 saturated carbocycles. The van der Waals surface area contributed by atoms with Gasteiger partial charge >= 0.3 is 11.9 Å². The molecular weight excluding hydrogens is 680 g/mol. The number of ether oxygens (including phenoxy) is 2. The van der Waals surface area contributed by atoms with Crippen molar-refractivity contribution in [3.63, 3.8) is 0 Å². The van der Waals surface area contributed by atoms with Gasteiger partial charge in [-0.15, -0.1) is 0 Å². The van der Waals surface area contributed by atoms with Gasteiger partial charge in [-0.2, -0.15) is 0 Å². The number of carboxylic acids is 2. The zero-order chi connectivity index (χ0) is 38.5. The topological polar surface area (TPSA) is 127 Å². The van der Waals surface area contributed by atoms with E-state index in [1.165, 1.54) is 11.1 Å². The Morgan fingerprint density at radius 2 is 1.20 bits per heavy atom. The molecule has 4 rings (SSSR count). The van der Waals surface area contributed by atoms with Crippen LogP contribution in [0.15, 0.2) is 95.3 Å². The number of para-hydroxylation sites is 1. The fourth-order valence-corrected chi connectivity index (χ4v) is 4.88. The Balaban J connectivity index is -0.000000301. The first-order valence-electron chi connectivity index (χ1n) is 16.6. The molecule has 8 heteroatoms. The third kappa shape index (κ3) is 18.9. The van der Waals surface area contributed by atoms with E-state index in [0.29, 0.717) is 29.8 Å². The molecule has 2 aliphatic rings. The molecule has 0 fully saturated rings. The van der Waals surface area contributed by atoms with E-state index in [1.807, 2.05) is 36.4 Å². The monoisotopic (exact) mass is 753 g/mol. The van der Waals surface area contributed by atoms with E-state index in [0.717, 1.165) is 29.7 Å². The molecule has 304 valence electrons. The summed E-state index contributed by atoms with van der Waals surface area (Å²) < 4.78 is 9.74.